The maximum atomic E-state index is 10.9. The predicted octanol–water partition coefficient (Wildman–Crippen LogP) is 4.59. The molecule has 1 heterocycles. The molecule has 5 heteroatoms. The van der Waals surface area contributed by atoms with Crippen molar-refractivity contribution in [1.29, 1.82) is 0 Å². The van der Waals surface area contributed by atoms with Gasteiger partial charge in [-0.2, -0.15) is 0 Å². The second kappa shape index (κ2) is 4.66. The molecule has 5 nitrogen and oxygen atoms in total. The summed E-state index contributed by atoms with van der Waals surface area (Å²) in [5.41, 5.74) is 8.69. The number of pyridine rings is 1. The number of benzene rings is 2. The Bertz CT molecular complexity index is 1020. The summed E-state index contributed by atoms with van der Waals surface area (Å²) in [5.74, 6) is 0. The third kappa shape index (κ3) is 1.83. The Morgan fingerprint density at radius 2 is 1.73 bits per heavy atom. The van der Waals surface area contributed by atoms with Crippen LogP contribution in [-0.4, -0.2) is 11.0 Å². The van der Waals surface area contributed by atoms with E-state index in [0.717, 1.165) is 32.9 Å². The minimum Gasteiger partial charge on any atom is -0.354 e. The van der Waals surface area contributed by atoms with Crippen LogP contribution in [0.4, 0.5) is 10.5 Å². The van der Waals surface area contributed by atoms with E-state index in [0.29, 0.717) is 5.69 Å². The van der Waals surface area contributed by atoms with Gasteiger partial charge in [0.05, 0.1) is 5.69 Å². The summed E-state index contributed by atoms with van der Waals surface area (Å²) in [5, 5.41) is 10.6. The number of H-pyrrole nitrogens is 1. The van der Waals surface area contributed by atoms with Crippen LogP contribution in [0.1, 0.15) is 0 Å². The smallest absolute Gasteiger partial charge is 0.354 e. The van der Waals surface area contributed by atoms with Crippen molar-refractivity contribution in [3.8, 4) is 11.3 Å². The van der Waals surface area contributed by atoms with Crippen molar-refractivity contribution in [1.82, 2.24) is 4.98 Å². The first kappa shape index (κ1) is 12.5. The number of amides is 2. The number of urea groups is 1. The van der Waals surface area contributed by atoms with Crippen molar-refractivity contribution < 1.29 is 4.79 Å². The van der Waals surface area contributed by atoms with Gasteiger partial charge in [-0.15, -0.1) is 5.11 Å². The molecule has 0 spiro atoms. The third-order valence-electron chi connectivity index (χ3n) is 3.74. The van der Waals surface area contributed by atoms with Crippen molar-refractivity contribution in [2.45, 2.75) is 0 Å². The van der Waals surface area contributed by atoms with E-state index in [1.807, 2.05) is 48.5 Å². The molecule has 0 atom stereocenters. The first-order chi connectivity index (χ1) is 10.7. The zero-order valence-electron chi connectivity index (χ0n) is 11.6. The molecular formula is C17H12N4O. The summed E-state index contributed by atoms with van der Waals surface area (Å²) in [6, 6.07) is 17.2. The van der Waals surface area contributed by atoms with Gasteiger partial charge in [0, 0.05) is 21.9 Å². The normalized spacial score (nSPS) is 11.8. The van der Waals surface area contributed by atoms with Crippen LogP contribution in [0.15, 0.2) is 64.8 Å². The van der Waals surface area contributed by atoms with Crippen LogP contribution in [0.5, 0.6) is 0 Å². The number of carbonyl (C=O) groups excluding carboxylic acids is 1. The summed E-state index contributed by atoms with van der Waals surface area (Å²) in [6.07, 6.45) is 0. The molecule has 106 valence electrons. The number of primary amides is 1. The molecule has 2 aliphatic rings. The maximum Gasteiger partial charge on any atom is 0.356 e. The number of nitrogens with one attached hydrogen (secondary N) is 1. The molecule has 2 amide bonds. The summed E-state index contributed by atoms with van der Waals surface area (Å²) >= 11 is 0. The summed E-state index contributed by atoms with van der Waals surface area (Å²) in [7, 11) is 0. The van der Waals surface area contributed by atoms with E-state index in [1.54, 1.807) is 0 Å². The Hall–Kier alpha value is -3.21. The Kier molecular flexibility index (Phi) is 2.66. The van der Waals surface area contributed by atoms with Crippen LogP contribution < -0.4 is 5.73 Å². The fourth-order valence-electron chi connectivity index (χ4n) is 2.83. The molecule has 0 saturated carbocycles. The fourth-order valence-corrected chi connectivity index (χ4v) is 2.83. The minimum absolute atomic E-state index is 0.659. The summed E-state index contributed by atoms with van der Waals surface area (Å²) in [6.45, 7) is 0. The number of para-hydroxylation sites is 1. The first-order valence-electron chi connectivity index (χ1n) is 6.87. The lowest BCUT2D eigenvalue weighted by atomic mass is 10.1. The maximum absolute atomic E-state index is 10.9. The van der Waals surface area contributed by atoms with Gasteiger partial charge < -0.3 is 10.7 Å². The molecule has 1 aliphatic carbocycles. The van der Waals surface area contributed by atoms with E-state index in [1.165, 1.54) is 0 Å². The SMILES string of the molecule is NC(=O)N=Nc1c2cc3ccccc3[nH]c-2c2ccccc12. The largest absolute Gasteiger partial charge is 0.356 e. The molecule has 0 unspecified atom stereocenters. The number of aromatic amines is 1. The van der Waals surface area contributed by atoms with E-state index < -0.39 is 6.03 Å². The zero-order valence-corrected chi connectivity index (χ0v) is 11.6. The molecule has 4 rings (SSSR count). The molecule has 0 radical (unpaired) electrons. The van der Waals surface area contributed by atoms with Crippen LogP contribution in [-0.2, 0) is 0 Å². The Morgan fingerprint density at radius 1 is 1.00 bits per heavy atom. The van der Waals surface area contributed by atoms with Crippen molar-refractivity contribution in [3.63, 3.8) is 0 Å². The van der Waals surface area contributed by atoms with Crippen LogP contribution in [0, 0.1) is 0 Å². The van der Waals surface area contributed by atoms with E-state index in [9.17, 15) is 4.79 Å². The number of hydrogen-bond acceptors (Lipinski definition) is 2. The lowest BCUT2D eigenvalue weighted by molar-refractivity contribution is 0.255. The van der Waals surface area contributed by atoms with E-state index in [-0.39, 0.29) is 0 Å². The van der Waals surface area contributed by atoms with Crippen molar-refractivity contribution in [2.24, 2.45) is 16.0 Å². The van der Waals surface area contributed by atoms with Gasteiger partial charge in [-0.3, -0.25) is 0 Å². The van der Waals surface area contributed by atoms with Gasteiger partial charge in [0.25, 0.3) is 0 Å². The van der Waals surface area contributed by atoms with Crippen LogP contribution in [0.2, 0.25) is 0 Å². The van der Waals surface area contributed by atoms with Gasteiger partial charge in [0.2, 0.25) is 0 Å². The van der Waals surface area contributed by atoms with Gasteiger partial charge in [0.1, 0.15) is 5.69 Å². The number of aromatic nitrogens is 1. The molecule has 0 aromatic heterocycles. The standard InChI is InChI=1S/C17H12N4O/c18-17(22)21-20-16-12-7-3-2-6-11(12)15-13(16)9-10-5-1-4-8-14(10)19-15/h1-9,19H,(H2,18,22). The third-order valence-corrected chi connectivity index (χ3v) is 3.74. The molecule has 0 saturated heterocycles. The van der Waals surface area contributed by atoms with Crippen molar-refractivity contribution >= 4 is 33.4 Å². The van der Waals surface area contributed by atoms with Crippen LogP contribution in [0.25, 0.3) is 32.9 Å². The van der Waals surface area contributed by atoms with Crippen molar-refractivity contribution in [3.05, 3.63) is 54.6 Å². The zero-order chi connectivity index (χ0) is 15.1. The van der Waals surface area contributed by atoms with E-state index in [4.69, 9.17) is 5.73 Å². The Labute approximate surface area is 125 Å². The molecule has 0 bridgehead atoms. The van der Waals surface area contributed by atoms with E-state index in [2.05, 4.69) is 21.3 Å². The molecule has 2 aromatic carbocycles. The molecule has 2 aromatic rings. The lowest BCUT2D eigenvalue weighted by Crippen LogP contribution is -2.01. The highest BCUT2D eigenvalue weighted by Crippen LogP contribution is 2.44. The van der Waals surface area contributed by atoms with Gasteiger partial charge in [-0.05, 0) is 17.5 Å². The Balaban J connectivity index is 2.15. The second-order valence-electron chi connectivity index (χ2n) is 5.08. The number of rotatable bonds is 1. The minimum atomic E-state index is -0.803. The van der Waals surface area contributed by atoms with Gasteiger partial charge in [-0.1, -0.05) is 47.6 Å². The highest BCUT2D eigenvalue weighted by Gasteiger charge is 2.18. The van der Waals surface area contributed by atoms with Crippen LogP contribution in [0.3, 0.4) is 0 Å². The van der Waals surface area contributed by atoms with Crippen molar-refractivity contribution in [2.75, 3.05) is 0 Å². The number of fused-ring (bicyclic) bond motifs is 4. The highest BCUT2D eigenvalue weighted by atomic mass is 16.2. The average Bonchev–Trinajstić information content (AvgIpc) is 2.84. The molecule has 3 N–H and O–H groups in total. The number of hydrogen-bond donors (Lipinski definition) is 2. The average molecular weight is 288 g/mol. The Morgan fingerprint density at radius 3 is 2.55 bits per heavy atom. The molecule has 22 heavy (non-hydrogen) atoms. The predicted molar refractivity (Wildman–Crippen MR) is 86.5 cm³/mol. The quantitative estimate of drug-likeness (QED) is 0.493. The van der Waals surface area contributed by atoms with Gasteiger partial charge in [0.15, 0.2) is 0 Å². The topological polar surface area (TPSA) is 83.6 Å². The first-order valence-corrected chi connectivity index (χ1v) is 6.87. The van der Waals surface area contributed by atoms with Gasteiger partial charge in [-0.25, -0.2) is 4.79 Å². The second-order valence-corrected chi connectivity index (χ2v) is 5.08. The molecular weight excluding hydrogens is 276 g/mol. The number of carbonyl (C=O) groups is 1. The fraction of sp³-hybridized carbons (Fsp3) is 0. The molecule has 1 aliphatic heterocycles. The monoisotopic (exact) mass is 288 g/mol. The summed E-state index contributed by atoms with van der Waals surface area (Å²) < 4.78 is 0. The van der Waals surface area contributed by atoms with E-state index >= 15 is 0 Å². The van der Waals surface area contributed by atoms with Crippen LogP contribution >= 0.6 is 0 Å². The van der Waals surface area contributed by atoms with Gasteiger partial charge >= 0.3 is 6.03 Å². The number of nitrogens with zero attached hydrogens (tertiary/aromatic N) is 2. The number of nitrogens with two attached hydrogens (primary N) is 1. The molecule has 0 fully saturated rings. The highest BCUT2D eigenvalue weighted by molar-refractivity contribution is 6.13. The summed E-state index contributed by atoms with van der Waals surface area (Å²) in [4.78, 5) is 14.4. The number of azo groups is 1. The lowest BCUT2D eigenvalue weighted by Gasteiger charge is -2.05.